The van der Waals surface area contributed by atoms with Gasteiger partial charge in [0.1, 0.15) is 11.3 Å². The molecule has 1 heterocycles. The van der Waals surface area contributed by atoms with E-state index in [4.69, 9.17) is 4.42 Å². The standard InChI is InChI=1S/C27H25NO3/c1-17-7-5-6-8-21(17)26(30)28-20-13-14-22-23(29)16-24(31-25(22)15-20)18-9-11-19(12-10-18)27(2,3)4/h5-16H,1-4H3,(H,28,30). The maximum atomic E-state index is 12.7. The third kappa shape index (κ3) is 4.29. The van der Waals surface area contributed by atoms with Crippen LogP contribution < -0.4 is 10.7 Å². The summed E-state index contributed by atoms with van der Waals surface area (Å²) in [5.41, 5.74) is 4.49. The number of aryl methyl sites for hydroxylation is 1. The number of nitrogens with one attached hydrogen (secondary N) is 1. The van der Waals surface area contributed by atoms with Crippen molar-refractivity contribution in [1.82, 2.24) is 0 Å². The van der Waals surface area contributed by atoms with E-state index in [2.05, 4.69) is 38.2 Å². The van der Waals surface area contributed by atoms with E-state index in [1.807, 2.05) is 37.3 Å². The zero-order valence-corrected chi connectivity index (χ0v) is 18.2. The maximum Gasteiger partial charge on any atom is 0.255 e. The molecule has 0 fully saturated rings. The van der Waals surface area contributed by atoms with Gasteiger partial charge in [0, 0.05) is 28.9 Å². The first-order chi connectivity index (χ1) is 14.7. The smallest absolute Gasteiger partial charge is 0.255 e. The normalized spacial score (nSPS) is 11.5. The molecule has 0 aliphatic heterocycles. The fourth-order valence-electron chi connectivity index (χ4n) is 3.54. The summed E-state index contributed by atoms with van der Waals surface area (Å²) in [5, 5.41) is 3.37. The largest absolute Gasteiger partial charge is 0.456 e. The molecule has 4 rings (SSSR count). The summed E-state index contributed by atoms with van der Waals surface area (Å²) in [5.74, 6) is 0.300. The molecule has 0 saturated heterocycles. The van der Waals surface area contributed by atoms with Gasteiger partial charge in [-0.2, -0.15) is 0 Å². The molecule has 3 aromatic carbocycles. The van der Waals surface area contributed by atoms with Crippen molar-refractivity contribution >= 4 is 22.6 Å². The van der Waals surface area contributed by atoms with Crippen LogP contribution in [0.15, 0.2) is 82.0 Å². The lowest BCUT2D eigenvalue weighted by Crippen LogP contribution is -2.13. The Bertz CT molecular complexity index is 1330. The first-order valence-corrected chi connectivity index (χ1v) is 10.3. The zero-order valence-electron chi connectivity index (χ0n) is 18.2. The van der Waals surface area contributed by atoms with Gasteiger partial charge in [-0.3, -0.25) is 9.59 Å². The van der Waals surface area contributed by atoms with Crippen LogP contribution >= 0.6 is 0 Å². The molecule has 0 bridgehead atoms. The lowest BCUT2D eigenvalue weighted by atomic mass is 9.86. The minimum atomic E-state index is -0.200. The predicted octanol–water partition coefficient (Wildman–Crippen LogP) is 6.32. The van der Waals surface area contributed by atoms with Gasteiger partial charge >= 0.3 is 0 Å². The average Bonchev–Trinajstić information content (AvgIpc) is 2.73. The maximum absolute atomic E-state index is 12.7. The monoisotopic (exact) mass is 411 g/mol. The molecule has 1 amide bonds. The second-order valence-corrected chi connectivity index (χ2v) is 8.78. The van der Waals surface area contributed by atoms with Gasteiger partial charge in [0.25, 0.3) is 5.91 Å². The summed E-state index contributed by atoms with van der Waals surface area (Å²) in [6.07, 6.45) is 0. The highest BCUT2D eigenvalue weighted by Crippen LogP contribution is 2.28. The number of hydrogen-bond acceptors (Lipinski definition) is 3. The predicted molar refractivity (Wildman–Crippen MR) is 126 cm³/mol. The van der Waals surface area contributed by atoms with E-state index in [1.165, 1.54) is 11.6 Å². The van der Waals surface area contributed by atoms with Crippen molar-refractivity contribution in [2.24, 2.45) is 0 Å². The summed E-state index contributed by atoms with van der Waals surface area (Å²) in [7, 11) is 0. The van der Waals surface area contributed by atoms with E-state index in [0.29, 0.717) is 28.0 Å². The summed E-state index contributed by atoms with van der Waals surface area (Å²) in [6.45, 7) is 8.37. The molecule has 0 aliphatic rings. The van der Waals surface area contributed by atoms with Crippen LogP contribution in [-0.2, 0) is 5.41 Å². The molecular formula is C27H25NO3. The minimum Gasteiger partial charge on any atom is -0.456 e. The van der Waals surface area contributed by atoms with E-state index >= 15 is 0 Å². The van der Waals surface area contributed by atoms with Crippen LogP contribution in [0.25, 0.3) is 22.3 Å². The van der Waals surface area contributed by atoms with Gasteiger partial charge in [0.05, 0.1) is 5.39 Å². The molecule has 0 saturated carbocycles. The van der Waals surface area contributed by atoms with Crippen molar-refractivity contribution in [3.8, 4) is 11.3 Å². The quantitative estimate of drug-likeness (QED) is 0.429. The number of fused-ring (bicyclic) bond motifs is 1. The van der Waals surface area contributed by atoms with Gasteiger partial charge < -0.3 is 9.73 Å². The number of carbonyl (C=O) groups is 1. The molecule has 1 aromatic heterocycles. The highest BCUT2D eigenvalue weighted by Gasteiger charge is 2.15. The molecule has 4 nitrogen and oxygen atoms in total. The van der Waals surface area contributed by atoms with Gasteiger partial charge in [-0.25, -0.2) is 0 Å². The van der Waals surface area contributed by atoms with E-state index in [1.54, 1.807) is 24.3 Å². The SMILES string of the molecule is Cc1ccccc1C(=O)Nc1ccc2c(=O)cc(-c3ccc(C(C)(C)C)cc3)oc2c1. The molecule has 0 atom stereocenters. The molecule has 31 heavy (non-hydrogen) atoms. The van der Waals surface area contributed by atoms with Gasteiger partial charge in [-0.05, 0) is 41.7 Å². The summed E-state index contributed by atoms with van der Waals surface area (Å²) < 4.78 is 6.05. The Morgan fingerprint density at radius 2 is 1.61 bits per heavy atom. The Balaban J connectivity index is 1.69. The van der Waals surface area contributed by atoms with Crippen LogP contribution in [0.1, 0.15) is 42.3 Å². The van der Waals surface area contributed by atoms with Gasteiger partial charge in [-0.15, -0.1) is 0 Å². The third-order valence-corrected chi connectivity index (χ3v) is 5.41. The average molecular weight is 412 g/mol. The summed E-state index contributed by atoms with van der Waals surface area (Å²) in [6, 6.07) is 22.1. The van der Waals surface area contributed by atoms with Crippen molar-refractivity contribution < 1.29 is 9.21 Å². The Kier molecular flexibility index (Phi) is 5.24. The molecular weight excluding hydrogens is 386 g/mol. The second kappa shape index (κ2) is 7.88. The van der Waals surface area contributed by atoms with Crippen molar-refractivity contribution in [3.05, 3.63) is 99.7 Å². The van der Waals surface area contributed by atoms with E-state index in [-0.39, 0.29) is 16.8 Å². The number of amides is 1. The lowest BCUT2D eigenvalue weighted by Gasteiger charge is -2.19. The number of anilines is 1. The number of benzene rings is 3. The van der Waals surface area contributed by atoms with Crippen LogP contribution in [0.5, 0.6) is 0 Å². The molecule has 0 unspecified atom stereocenters. The molecule has 4 heteroatoms. The molecule has 4 aromatic rings. The fraction of sp³-hybridized carbons (Fsp3) is 0.185. The van der Waals surface area contributed by atoms with Crippen LogP contribution in [-0.4, -0.2) is 5.91 Å². The number of hydrogen-bond donors (Lipinski definition) is 1. The van der Waals surface area contributed by atoms with Crippen molar-refractivity contribution in [2.45, 2.75) is 33.1 Å². The van der Waals surface area contributed by atoms with Crippen LogP contribution in [0.2, 0.25) is 0 Å². The topological polar surface area (TPSA) is 59.3 Å². The first-order valence-electron chi connectivity index (χ1n) is 10.3. The molecule has 0 aliphatic carbocycles. The van der Waals surface area contributed by atoms with Gasteiger partial charge in [0.15, 0.2) is 5.43 Å². The third-order valence-electron chi connectivity index (χ3n) is 5.41. The van der Waals surface area contributed by atoms with Crippen molar-refractivity contribution in [1.29, 1.82) is 0 Å². The van der Waals surface area contributed by atoms with Crippen LogP contribution in [0.4, 0.5) is 5.69 Å². The Hall–Kier alpha value is -3.66. The molecule has 156 valence electrons. The summed E-state index contributed by atoms with van der Waals surface area (Å²) >= 11 is 0. The first kappa shape index (κ1) is 20.6. The highest BCUT2D eigenvalue weighted by molar-refractivity contribution is 6.05. The lowest BCUT2D eigenvalue weighted by molar-refractivity contribution is 0.102. The minimum absolute atomic E-state index is 0.0486. The van der Waals surface area contributed by atoms with E-state index in [0.717, 1.165) is 11.1 Å². The molecule has 1 N–H and O–H groups in total. The number of rotatable bonds is 3. The van der Waals surface area contributed by atoms with E-state index in [9.17, 15) is 9.59 Å². The fourth-order valence-corrected chi connectivity index (χ4v) is 3.54. The number of carbonyl (C=O) groups excluding carboxylic acids is 1. The van der Waals surface area contributed by atoms with Gasteiger partial charge in [-0.1, -0.05) is 63.2 Å². The van der Waals surface area contributed by atoms with Crippen LogP contribution in [0, 0.1) is 6.92 Å². The Morgan fingerprint density at radius 1 is 0.903 bits per heavy atom. The van der Waals surface area contributed by atoms with Crippen molar-refractivity contribution in [2.75, 3.05) is 5.32 Å². The van der Waals surface area contributed by atoms with Gasteiger partial charge in [0.2, 0.25) is 0 Å². The molecule has 0 radical (unpaired) electrons. The second-order valence-electron chi connectivity index (χ2n) is 8.78. The Labute approximate surface area is 181 Å². The highest BCUT2D eigenvalue weighted by atomic mass is 16.3. The summed E-state index contributed by atoms with van der Waals surface area (Å²) in [4.78, 5) is 25.3. The zero-order chi connectivity index (χ0) is 22.2. The van der Waals surface area contributed by atoms with E-state index < -0.39 is 0 Å². The van der Waals surface area contributed by atoms with Crippen LogP contribution in [0.3, 0.4) is 0 Å². The Morgan fingerprint density at radius 3 is 2.29 bits per heavy atom. The molecule has 0 spiro atoms. The van der Waals surface area contributed by atoms with Crippen molar-refractivity contribution in [3.63, 3.8) is 0 Å².